The smallest absolute Gasteiger partial charge is 0.387 e. The Morgan fingerprint density at radius 1 is 1.21 bits per heavy atom. The Balaban J connectivity index is 2.20. The first-order valence-corrected chi connectivity index (χ1v) is 7.94. The first kappa shape index (κ1) is 14.9. The number of aryl methyl sites for hydroxylation is 1. The van der Waals surface area contributed by atoms with Crippen LogP contribution in [0.4, 0.5) is 8.78 Å². The van der Waals surface area contributed by atoms with E-state index >= 15 is 0 Å². The molecular formula is C13H10Br2F2OS. The largest absolute Gasteiger partial charge is 0.435 e. The van der Waals surface area contributed by atoms with Crippen LogP contribution in [-0.4, -0.2) is 6.61 Å². The Bertz CT molecular complexity index is 554. The van der Waals surface area contributed by atoms with Gasteiger partial charge in [0, 0.05) is 14.2 Å². The number of halogens is 4. The van der Waals surface area contributed by atoms with E-state index in [9.17, 15) is 8.78 Å². The second-order valence-electron chi connectivity index (χ2n) is 3.88. The lowest BCUT2D eigenvalue weighted by Gasteiger charge is -2.10. The highest BCUT2D eigenvalue weighted by Crippen LogP contribution is 2.40. The molecule has 0 bridgehead atoms. The Hall–Kier alpha value is -0.460. The fourth-order valence-corrected chi connectivity index (χ4v) is 4.67. The van der Waals surface area contributed by atoms with Gasteiger partial charge in [0.15, 0.2) is 0 Å². The van der Waals surface area contributed by atoms with E-state index < -0.39 is 6.61 Å². The molecule has 102 valence electrons. The van der Waals surface area contributed by atoms with Gasteiger partial charge in [0.1, 0.15) is 5.75 Å². The van der Waals surface area contributed by atoms with E-state index in [-0.39, 0.29) is 10.6 Å². The van der Waals surface area contributed by atoms with Gasteiger partial charge >= 0.3 is 6.61 Å². The zero-order chi connectivity index (χ0) is 14.0. The van der Waals surface area contributed by atoms with Gasteiger partial charge in [-0.25, -0.2) is 0 Å². The van der Waals surface area contributed by atoms with Crippen LogP contribution in [0.25, 0.3) is 0 Å². The molecule has 0 aliphatic carbocycles. The monoisotopic (exact) mass is 410 g/mol. The van der Waals surface area contributed by atoms with Crippen LogP contribution in [0.3, 0.4) is 0 Å². The second-order valence-corrected chi connectivity index (χ2v) is 6.94. The van der Waals surface area contributed by atoms with Gasteiger partial charge in [-0.15, -0.1) is 11.3 Å². The van der Waals surface area contributed by atoms with E-state index in [0.29, 0.717) is 0 Å². The van der Waals surface area contributed by atoms with Crippen LogP contribution in [0.15, 0.2) is 34.8 Å². The van der Waals surface area contributed by atoms with Crippen molar-refractivity contribution in [3.63, 3.8) is 0 Å². The maximum Gasteiger partial charge on any atom is 0.387 e. The van der Waals surface area contributed by atoms with Crippen molar-refractivity contribution in [3.05, 3.63) is 50.1 Å². The zero-order valence-electron chi connectivity index (χ0n) is 9.87. The van der Waals surface area contributed by atoms with Gasteiger partial charge in [-0.05, 0) is 46.6 Å². The maximum absolute atomic E-state index is 12.1. The van der Waals surface area contributed by atoms with Crippen LogP contribution in [0.1, 0.15) is 20.1 Å². The first-order chi connectivity index (χ1) is 8.97. The Morgan fingerprint density at radius 3 is 2.32 bits per heavy atom. The molecule has 1 heterocycles. The lowest BCUT2D eigenvalue weighted by molar-refractivity contribution is -0.0498. The summed E-state index contributed by atoms with van der Waals surface area (Å²) in [6, 6.07) is 8.70. The number of ether oxygens (including phenoxy) is 1. The van der Waals surface area contributed by atoms with Gasteiger partial charge in [0.05, 0.1) is 4.83 Å². The molecule has 1 aromatic heterocycles. The Labute approximate surface area is 130 Å². The normalized spacial score (nSPS) is 12.7. The van der Waals surface area contributed by atoms with Gasteiger partial charge in [0.2, 0.25) is 0 Å². The molecule has 1 nitrogen and oxygen atoms in total. The van der Waals surface area contributed by atoms with Crippen molar-refractivity contribution in [2.24, 2.45) is 0 Å². The third-order valence-electron chi connectivity index (χ3n) is 2.46. The van der Waals surface area contributed by atoms with Gasteiger partial charge in [-0.1, -0.05) is 28.1 Å². The van der Waals surface area contributed by atoms with Crippen LogP contribution < -0.4 is 4.74 Å². The molecule has 0 aliphatic rings. The first-order valence-electron chi connectivity index (χ1n) is 5.42. The van der Waals surface area contributed by atoms with E-state index in [0.717, 1.165) is 14.9 Å². The second kappa shape index (κ2) is 6.33. The number of hydrogen-bond donors (Lipinski definition) is 0. The molecule has 1 unspecified atom stereocenters. The molecule has 0 radical (unpaired) electrons. The standard InChI is InChI=1S/C13H10Br2F2OS/c1-7-6-10(14)12(19-7)11(15)8-2-4-9(5-3-8)18-13(16)17/h2-6,11,13H,1H3. The number of rotatable bonds is 4. The number of thiophene rings is 1. The summed E-state index contributed by atoms with van der Waals surface area (Å²) in [5, 5.41) is 0. The molecular weight excluding hydrogens is 402 g/mol. The summed E-state index contributed by atoms with van der Waals surface area (Å²) in [6.45, 7) is -0.752. The molecule has 1 atom stereocenters. The van der Waals surface area contributed by atoms with E-state index in [4.69, 9.17) is 0 Å². The lowest BCUT2D eigenvalue weighted by atomic mass is 10.1. The van der Waals surface area contributed by atoms with Crippen LogP contribution in [0.5, 0.6) is 5.75 Å². The highest BCUT2D eigenvalue weighted by molar-refractivity contribution is 9.11. The molecule has 0 N–H and O–H groups in total. The van der Waals surface area contributed by atoms with Crippen molar-refractivity contribution < 1.29 is 13.5 Å². The molecule has 19 heavy (non-hydrogen) atoms. The molecule has 2 rings (SSSR count). The Kier molecular flexibility index (Phi) is 4.97. The van der Waals surface area contributed by atoms with Gasteiger partial charge in [-0.3, -0.25) is 0 Å². The van der Waals surface area contributed by atoms with Crippen molar-refractivity contribution in [1.29, 1.82) is 0 Å². The lowest BCUT2D eigenvalue weighted by Crippen LogP contribution is -2.01. The molecule has 0 saturated heterocycles. The van der Waals surface area contributed by atoms with Crippen molar-refractivity contribution in [2.45, 2.75) is 18.4 Å². The summed E-state index contributed by atoms with van der Waals surface area (Å²) in [4.78, 5) is 2.39. The summed E-state index contributed by atoms with van der Waals surface area (Å²) >= 11 is 8.83. The molecule has 0 aliphatic heterocycles. The summed E-state index contributed by atoms with van der Waals surface area (Å²) < 4.78 is 29.5. The molecule has 0 saturated carbocycles. The summed E-state index contributed by atoms with van der Waals surface area (Å²) in [7, 11) is 0. The van der Waals surface area contributed by atoms with E-state index in [1.807, 2.05) is 6.92 Å². The van der Waals surface area contributed by atoms with E-state index in [2.05, 4.69) is 42.7 Å². The number of hydrogen-bond acceptors (Lipinski definition) is 2. The van der Waals surface area contributed by atoms with Crippen LogP contribution in [0, 0.1) is 6.92 Å². The molecule has 0 fully saturated rings. The van der Waals surface area contributed by atoms with Gasteiger partial charge in [-0.2, -0.15) is 8.78 Å². The van der Waals surface area contributed by atoms with Crippen molar-refractivity contribution in [2.75, 3.05) is 0 Å². The van der Waals surface area contributed by atoms with Crippen LogP contribution in [-0.2, 0) is 0 Å². The predicted molar refractivity (Wildman–Crippen MR) is 80.6 cm³/mol. The van der Waals surface area contributed by atoms with Crippen molar-refractivity contribution >= 4 is 43.2 Å². The fourth-order valence-electron chi connectivity index (χ4n) is 1.64. The average molecular weight is 412 g/mol. The highest BCUT2D eigenvalue weighted by Gasteiger charge is 2.16. The minimum atomic E-state index is -2.79. The van der Waals surface area contributed by atoms with E-state index in [1.54, 1.807) is 35.6 Å². The van der Waals surface area contributed by atoms with Crippen LogP contribution >= 0.6 is 43.2 Å². The predicted octanol–water partition coefficient (Wildman–Crippen LogP) is 5.90. The van der Waals surface area contributed by atoms with Crippen molar-refractivity contribution in [1.82, 2.24) is 0 Å². The molecule has 0 spiro atoms. The minimum absolute atomic E-state index is 0.0289. The zero-order valence-corrected chi connectivity index (χ0v) is 13.9. The SMILES string of the molecule is Cc1cc(Br)c(C(Br)c2ccc(OC(F)F)cc2)s1. The molecule has 6 heteroatoms. The number of benzene rings is 1. The molecule has 0 amide bonds. The fraction of sp³-hybridized carbons (Fsp3) is 0.231. The number of alkyl halides is 3. The summed E-state index contributed by atoms with van der Waals surface area (Å²) in [6.07, 6.45) is 0. The summed E-state index contributed by atoms with van der Waals surface area (Å²) in [5.41, 5.74) is 0.990. The summed E-state index contributed by atoms with van der Waals surface area (Å²) in [5.74, 6) is 0.167. The topological polar surface area (TPSA) is 9.23 Å². The molecule has 2 aromatic rings. The van der Waals surface area contributed by atoms with E-state index in [1.165, 1.54) is 4.88 Å². The third-order valence-corrected chi connectivity index (χ3v) is 5.79. The van der Waals surface area contributed by atoms with Gasteiger partial charge in [0.25, 0.3) is 0 Å². The maximum atomic E-state index is 12.1. The van der Waals surface area contributed by atoms with Crippen molar-refractivity contribution in [3.8, 4) is 5.75 Å². The Morgan fingerprint density at radius 2 is 1.84 bits per heavy atom. The molecule has 1 aromatic carbocycles. The average Bonchev–Trinajstić information content (AvgIpc) is 2.68. The quantitative estimate of drug-likeness (QED) is 0.568. The van der Waals surface area contributed by atoms with Gasteiger partial charge < -0.3 is 4.74 Å². The third kappa shape index (κ3) is 3.77. The minimum Gasteiger partial charge on any atom is -0.435 e. The highest BCUT2D eigenvalue weighted by atomic mass is 79.9. The van der Waals surface area contributed by atoms with Crippen LogP contribution in [0.2, 0.25) is 0 Å².